The summed E-state index contributed by atoms with van der Waals surface area (Å²) in [6.07, 6.45) is 6.83. The molecule has 1 fully saturated rings. The number of furan rings is 1. The summed E-state index contributed by atoms with van der Waals surface area (Å²) in [6.45, 7) is 11.4. The smallest absolute Gasteiger partial charge is 0.287 e. The molecule has 0 saturated heterocycles. The number of benzene rings is 1. The minimum absolute atomic E-state index is 0.135. The number of nitrogens with zero attached hydrogens (tertiary/aromatic N) is 1. The average Bonchev–Trinajstić information content (AvgIpc) is 3.13. The number of hydrogen-bond donors (Lipinski definition) is 1. The van der Waals surface area contributed by atoms with Crippen molar-refractivity contribution in [3.8, 4) is 0 Å². The molecule has 3 rings (SSSR count). The van der Waals surface area contributed by atoms with Gasteiger partial charge in [-0.05, 0) is 56.2 Å². The SMILES string of the molecule is CCCCN(CCCC)S(=O)(=O)c1ccc2oc(C(=O)N[C@@H]3CCC[C@H](C)[C@H]3C)c(C)c2c1. The zero-order valence-corrected chi connectivity index (χ0v) is 21.6. The standard InChI is InChI=1S/C26H40N2O4S/c1-6-8-15-28(16-9-7-2)33(30,31)21-13-14-24-22(17-21)20(5)25(32-24)26(29)27-23-12-10-11-18(3)19(23)4/h13-14,17-19,23H,6-12,15-16H2,1-5H3,(H,27,29)/t18-,19+,23+/m0/s1. The highest BCUT2D eigenvalue weighted by Gasteiger charge is 2.30. The van der Waals surface area contributed by atoms with Gasteiger partial charge in [-0.2, -0.15) is 4.31 Å². The van der Waals surface area contributed by atoms with Gasteiger partial charge in [0, 0.05) is 30.1 Å². The third kappa shape index (κ3) is 5.62. The summed E-state index contributed by atoms with van der Waals surface area (Å²) >= 11 is 0. The molecule has 184 valence electrons. The number of carbonyl (C=O) groups is 1. The van der Waals surface area contributed by atoms with Crippen LogP contribution in [0.1, 0.15) is 88.8 Å². The summed E-state index contributed by atoms with van der Waals surface area (Å²) in [4.78, 5) is 13.3. The van der Waals surface area contributed by atoms with Crippen LogP contribution in [0.2, 0.25) is 0 Å². The Morgan fingerprint density at radius 1 is 1.12 bits per heavy atom. The number of sulfonamides is 1. The number of unbranched alkanes of at least 4 members (excludes halogenated alkanes) is 2. The molecule has 1 aliphatic rings. The van der Waals surface area contributed by atoms with E-state index in [1.165, 1.54) is 6.42 Å². The van der Waals surface area contributed by atoms with E-state index >= 15 is 0 Å². The van der Waals surface area contributed by atoms with Crippen molar-refractivity contribution in [3.63, 3.8) is 0 Å². The maximum Gasteiger partial charge on any atom is 0.287 e. The van der Waals surface area contributed by atoms with E-state index in [1.807, 2.05) is 6.92 Å². The average molecular weight is 477 g/mol. The Bertz CT molecular complexity index is 1050. The monoisotopic (exact) mass is 476 g/mol. The fourth-order valence-corrected chi connectivity index (χ4v) is 6.31. The van der Waals surface area contributed by atoms with Gasteiger partial charge in [-0.15, -0.1) is 0 Å². The molecule has 3 atom stereocenters. The molecule has 1 aliphatic carbocycles. The van der Waals surface area contributed by atoms with Gasteiger partial charge in [0.25, 0.3) is 5.91 Å². The maximum atomic E-state index is 13.4. The number of aryl methyl sites for hydroxylation is 1. The molecule has 0 radical (unpaired) electrons. The first-order valence-electron chi connectivity index (χ1n) is 12.5. The van der Waals surface area contributed by atoms with E-state index in [0.29, 0.717) is 41.5 Å². The molecule has 7 heteroatoms. The lowest BCUT2D eigenvalue weighted by atomic mass is 9.78. The van der Waals surface area contributed by atoms with Gasteiger partial charge in [0.2, 0.25) is 10.0 Å². The van der Waals surface area contributed by atoms with Crippen molar-refractivity contribution in [3.05, 3.63) is 29.5 Å². The van der Waals surface area contributed by atoms with E-state index in [4.69, 9.17) is 4.42 Å². The number of fused-ring (bicyclic) bond motifs is 1. The van der Waals surface area contributed by atoms with Gasteiger partial charge in [0.15, 0.2) is 5.76 Å². The van der Waals surface area contributed by atoms with Crippen LogP contribution < -0.4 is 5.32 Å². The van der Waals surface area contributed by atoms with Crippen molar-refractivity contribution >= 4 is 26.9 Å². The lowest BCUT2D eigenvalue weighted by molar-refractivity contribution is 0.0864. The van der Waals surface area contributed by atoms with Crippen LogP contribution in [0.15, 0.2) is 27.5 Å². The number of hydrogen-bond acceptors (Lipinski definition) is 4. The van der Waals surface area contributed by atoms with Crippen molar-refractivity contribution in [1.29, 1.82) is 0 Å². The topological polar surface area (TPSA) is 79.6 Å². The fraction of sp³-hybridized carbons (Fsp3) is 0.654. The summed E-state index contributed by atoms with van der Waals surface area (Å²) in [7, 11) is -3.61. The predicted octanol–water partition coefficient (Wildman–Crippen LogP) is 5.89. The van der Waals surface area contributed by atoms with Gasteiger partial charge < -0.3 is 9.73 Å². The lowest BCUT2D eigenvalue weighted by Gasteiger charge is -2.34. The summed E-state index contributed by atoms with van der Waals surface area (Å²) in [6, 6.07) is 5.07. The van der Waals surface area contributed by atoms with Crippen LogP contribution >= 0.6 is 0 Å². The second kappa shape index (κ2) is 11.0. The normalized spacial score (nSPS) is 21.6. The Kier molecular flexibility index (Phi) is 8.62. The molecular formula is C26H40N2O4S. The maximum absolute atomic E-state index is 13.4. The van der Waals surface area contributed by atoms with Crippen molar-refractivity contribution in [1.82, 2.24) is 9.62 Å². The molecule has 1 N–H and O–H groups in total. The van der Waals surface area contributed by atoms with Crippen molar-refractivity contribution in [2.75, 3.05) is 13.1 Å². The number of rotatable bonds is 10. The fourth-order valence-electron chi connectivity index (χ4n) is 4.77. The summed E-state index contributed by atoms with van der Waals surface area (Å²) in [5, 5.41) is 3.85. The third-order valence-electron chi connectivity index (χ3n) is 7.30. The molecule has 1 saturated carbocycles. The first-order valence-corrected chi connectivity index (χ1v) is 14.0. The molecule has 0 spiro atoms. The first-order chi connectivity index (χ1) is 15.7. The lowest BCUT2D eigenvalue weighted by Crippen LogP contribution is -2.43. The van der Waals surface area contributed by atoms with Crippen LogP contribution in [0.4, 0.5) is 0 Å². The van der Waals surface area contributed by atoms with Crippen LogP contribution in [0.5, 0.6) is 0 Å². The summed E-state index contributed by atoms with van der Waals surface area (Å²) in [5.41, 5.74) is 1.22. The van der Waals surface area contributed by atoms with Crippen LogP contribution in [0.3, 0.4) is 0 Å². The molecule has 0 unspecified atom stereocenters. The van der Waals surface area contributed by atoms with Crippen molar-refractivity contribution in [2.24, 2.45) is 11.8 Å². The van der Waals surface area contributed by atoms with E-state index in [1.54, 1.807) is 22.5 Å². The molecule has 1 aromatic carbocycles. The van der Waals surface area contributed by atoms with Gasteiger partial charge in [0.05, 0.1) is 4.90 Å². The molecule has 0 bridgehead atoms. The largest absolute Gasteiger partial charge is 0.451 e. The second-order valence-corrected chi connectivity index (χ2v) is 11.6. The van der Waals surface area contributed by atoms with Crippen molar-refractivity contribution in [2.45, 2.75) is 90.5 Å². The van der Waals surface area contributed by atoms with E-state index in [9.17, 15) is 13.2 Å². The van der Waals surface area contributed by atoms with Gasteiger partial charge in [-0.1, -0.05) is 53.4 Å². The second-order valence-electron chi connectivity index (χ2n) is 9.67. The Labute approximate surface area is 199 Å². The number of amides is 1. The van der Waals surface area contributed by atoms with Crippen LogP contribution in [0.25, 0.3) is 11.0 Å². The van der Waals surface area contributed by atoms with Crippen LogP contribution in [-0.4, -0.2) is 37.8 Å². The van der Waals surface area contributed by atoms with Gasteiger partial charge in [0.1, 0.15) is 5.58 Å². The molecule has 1 amide bonds. The first kappa shape index (κ1) is 25.8. The van der Waals surface area contributed by atoms with Crippen LogP contribution in [-0.2, 0) is 10.0 Å². The molecular weight excluding hydrogens is 436 g/mol. The highest BCUT2D eigenvalue weighted by molar-refractivity contribution is 7.89. The van der Waals surface area contributed by atoms with E-state index < -0.39 is 10.0 Å². The number of nitrogens with one attached hydrogen (secondary N) is 1. The molecule has 33 heavy (non-hydrogen) atoms. The molecule has 6 nitrogen and oxygen atoms in total. The Morgan fingerprint density at radius 3 is 2.42 bits per heavy atom. The molecule has 2 aromatic rings. The molecule has 1 aromatic heterocycles. The van der Waals surface area contributed by atoms with Crippen LogP contribution in [0, 0.1) is 18.8 Å². The Hall–Kier alpha value is -1.86. The van der Waals surface area contributed by atoms with Gasteiger partial charge in [-0.25, -0.2) is 8.42 Å². The van der Waals surface area contributed by atoms with Crippen molar-refractivity contribution < 1.29 is 17.6 Å². The third-order valence-corrected chi connectivity index (χ3v) is 9.19. The molecule has 0 aliphatic heterocycles. The number of carbonyl (C=O) groups excluding carboxylic acids is 1. The van der Waals surface area contributed by atoms with E-state index in [0.717, 1.165) is 38.5 Å². The minimum Gasteiger partial charge on any atom is -0.451 e. The van der Waals surface area contributed by atoms with Gasteiger partial charge >= 0.3 is 0 Å². The minimum atomic E-state index is -3.61. The zero-order valence-electron chi connectivity index (χ0n) is 20.8. The van der Waals surface area contributed by atoms with E-state index in [-0.39, 0.29) is 22.6 Å². The van der Waals surface area contributed by atoms with E-state index in [2.05, 4.69) is 33.0 Å². The summed E-state index contributed by atoms with van der Waals surface area (Å²) < 4.78 is 34.3. The predicted molar refractivity (Wildman–Crippen MR) is 133 cm³/mol. The highest BCUT2D eigenvalue weighted by Crippen LogP contribution is 2.32. The Balaban J connectivity index is 1.87. The highest BCUT2D eigenvalue weighted by atomic mass is 32.2. The zero-order chi connectivity index (χ0) is 24.2. The molecule has 1 heterocycles. The summed E-state index contributed by atoms with van der Waals surface area (Å²) in [5.74, 6) is 1.06. The van der Waals surface area contributed by atoms with Gasteiger partial charge in [-0.3, -0.25) is 4.79 Å². The quantitative estimate of drug-likeness (QED) is 0.464. The Morgan fingerprint density at radius 2 is 1.79 bits per heavy atom.